The number of hydroxylamine groups is 1. The molecule has 5 N–H and O–H groups in total. The maximum absolute atomic E-state index is 13.6. The Balaban J connectivity index is 1.54. The summed E-state index contributed by atoms with van der Waals surface area (Å²) in [4.78, 5) is 16.3. The van der Waals surface area contributed by atoms with Crippen LogP contribution in [0.5, 0.6) is 0 Å². The molecule has 17 heteroatoms. The van der Waals surface area contributed by atoms with Crippen LogP contribution in [0.1, 0.15) is 5.69 Å². The van der Waals surface area contributed by atoms with Crippen LogP contribution < -0.4 is 22.3 Å². The molecule has 0 atom stereocenters. The molecule has 0 saturated heterocycles. The first-order valence-electron chi connectivity index (χ1n) is 8.63. The van der Waals surface area contributed by atoms with Gasteiger partial charge in [-0.05, 0) is 54.8 Å². The predicted octanol–water partition coefficient (Wildman–Crippen LogP) is 0.580. The van der Waals surface area contributed by atoms with Gasteiger partial charge in [-0.25, -0.2) is 23.0 Å². The molecule has 0 saturated carbocycles. The van der Waals surface area contributed by atoms with Crippen molar-refractivity contribution in [1.29, 1.82) is 0 Å². The van der Waals surface area contributed by atoms with Crippen LogP contribution in [-0.2, 0) is 0 Å². The minimum Gasteiger partial charge on any atom is -0.379 e. The molecule has 0 aliphatic heterocycles. The number of halogens is 2. The van der Waals surface area contributed by atoms with Crippen LogP contribution in [0.15, 0.2) is 46.2 Å². The maximum atomic E-state index is 13.6. The fourth-order valence-corrected chi connectivity index (χ4v) is 2.93. The molecule has 1 aromatic carbocycles. The van der Waals surface area contributed by atoms with Gasteiger partial charge >= 0.3 is 5.76 Å². The van der Waals surface area contributed by atoms with E-state index in [0.29, 0.717) is 0 Å². The summed E-state index contributed by atoms with van der Waals surface area (Å²) in [6.07, 6.45) is 0. The Labute approximate surface area is 184 Å². The van der Waals surface area contributed by atoms with Crippen molar-refractivity contribution < 1.29 is 23.4 Å². The van der Waals surface area contributed by atoms with E-state index in [-0.39, 0.29) is 57.9 Å². The molecule has 0 aliphatic carbocycles. The molecule has 166 valence electrons. The highest BCUT2D eigenvalue weighted by Crippen LogP contribution is 2.26. The Bertz CT molecular complexity index is 1330. The number of hydrogen-bond acceptors (Lipinski definition) is 13. The van der Waals surface area contributed by atoms with E-state index in [1.54, 1.807) is 0 Å². The van der Waals surface area contributed by atoms with Crippen molar-refractivity contribution in [3.8, 4) is 17.2 Å². The summed E-state index contributed by atoms with van der Waals surface area (Å²) in [6, 6.07) is 3.91. The topological polar surface area (TPSA) is 209 Å². The zero-order valence-electron chi connectivity index (χ0n) is 15.7. The van der Waals surface area contributed by atoms with E-state index in [0.717, 1.165) is 4.57 Å². The molecule has 0 fully saturated rings. The lowest BCUT2D eigenvalue weighted by Crippen LogP contribution is -2.23. The van der Waals surface area contributed by atoms with Crippen molar-refractivity contribution in [3.05, 3.63) is 44.7 Å². The molecule has 15 nitrogen and oxygen atoms in total. The van der Waals surface area contributed by atoms with Gasteiger partial charge in [0.15, 0.2) is 23.0 Å². The predicted molar refractivity (Wildman–Crippen MR) is 107 cm³/mol. The third-order valence-electron chi connectivity index (χ3n) is 3.98. The zero-order chi connectivity index (χ0) is 22.7. The highest BCUT2D eigenvalue weighted by atomic mass is 79.9. The van der Waals surface area contributed by atoms with Gasteiger partial charge in [0, 0.05) is 6.54 Å². The smallest absolute Gasteiger partial charge is 0.379 e. The van der Waals surface area contributed by atoms with Crippen molar-refractivity contribution in [2.75, 3.05) is 24.1 Å². The van der Waals surface area contributed by atoms with Gasteiger partial charge in [0.2, 0.25) is 11.6 Å². The van der Waals surface area contributed by atoms with Gasteiger partial charge in [0.05, 0.1) is 16.7 Å². The number of hydrogen-bond donors (Lipinski definition) is 4. The molecule has 0 radical (unpaired) electrons. The molecule has 0 aliphatic rings. The van der Waals surface area contributed by atoms with Crippen molar-refractivity contribution >= 4 is 33.4 Å². The zero-order valence-corrected chi connectivity index (χ0v) is 17.3. The van der Waals surface area contributed by atoms with E-state index in [1.807, 2.05) is 5.48 Å². The summed E-state index contributed by atoms with van der Waals surface area (Å²) in [5.41, 5.74) is 7.78. The van der Waals surface area contributed by atoms with E-state index >= 15 is 0 Å². The van der Waals surface area contributed by atoms with Crippen LogP contribution in [0.25, 0.3) is 17.2 Å². The van der Waals surface area contributed by atoms with E-state index < -0.39 is 11.6 Å². The number of benzene rings is 1. The second-order valence-corrected chi connectivity index (χ2v) is 6.79. The number of nitrogen functional groups attached to an aromatic ring is 1. The Morgan fingerprint density at radius 1 is 1.25 bits per heavy atom. The van der Waals surface area contributed by atoms with Gasteiger partial charge in [-0.3, -0.25) is 20.2 Å². The van der Waals surface area contributed by atoms with E-state index in [1.165, 1.54) is 18.2 Å². The van der Waals surface area contributed by atoms with Crippen molar-refractivity contribution in [3.63, 3.8) is 0 Å². The van der Waals surface area contributed by atoms with E-state index in [9.17, 15) is 14.4 Å². The van der Waals surface area contributed by atoms with Crippen molar-refractivity contribution in [1.82, 2.24) is 35.8 Å². The quantitative estimate of drug-likeness (QED) is 0.116. The lowest BCUT2D eigenvalue weighted by Gasteiger charge is -2.05. The SMILES string of the molecule is Nc1nonc1C(=NCCNc1nonc1-c1noc(=O)n1-c1ccc(F)c(Br)c1)NO. The number of aliphatic imine (C=N–C) groups is 1. The second-order valence-electron chi connectivity index (χ2n) is 5.93. The number of amidine groups is 1. The van der Waals surface area contributed by atoms with Gasteiger partial charge < -0.3 is 11.1 Å². The van der Waals surface area contributed by atoms with E-state index in [2.05, 4.69) is 56.7 Å². The number of nitrogens with one attached hydrogen (secondary N) is 2. The normalized spacial score (nSPS) is 11.7. The van der Waals surface area contributed by atoms with Crippen LogP contribution in [-0.4, -0.2) is 54.5 Å². The Kier molecular flexibility index (Phi) is 5.90. The third kappa shape index (κ3) is 4.05. The van der Waals surface area contributed by atoms with Gasteiger partial charge in [-0.15, -0.1) is 0 Å². The van der Waals surface area contributed by atoms with Crippen LogP contribution >= 0.6 is 15.9 Å². The molecule has 3 heterocycles. The highest BCUT2D eigenvalue weighted by molar-refractivity contribution is 9.10. The first kappa shape index (κ1) is 21.1. The highest BCUT2D eigenvalue weighted by Gasteiger charge is 2.23. The summed E-state index contributed by atoms with van der Waals surface area (Å²) >= 11 is 3.06. The molecular formula is C15H12BrFN10O5. The van der Waals surface area contributed by atoms with Gasteiger partial charge in [0.25, 0.3) is 0 Å². The first-order chi connectivity index (χ1) is 15.5. The fraction of sp³-hybridized carbons (Fsp3) is 0.133. The van der Waals surface area contributed by atoms with Crippen LogP contribution in [0.3, 0.4) is 0 Å². The molecule has 4 rings (SSSR count). The summed E-state index contributed by atoms with van der Waals surface area (Å²) in [6.45, 7) is 0.291. The Morgan fingerprint density at radius 2 is 2.06 bits per heavy atom. The van der Waals surface area contributed by atoms with Gasteiger partial charge in [-0.2, -0.15) is 0 Å². The molecule has 32 heavy (non-hydrogen) atoms. The maximum Gasteiger partial charge on any atom is 0.446 e. The Morgan fingerprint density at radius 3 is 2.78 bits per heavy atom. The largest absolute Gasteiger partial charge is 0.446 e. The molecule has 0 amide bonds. The monoisotopic (exact) mass is 510 g/mol. The fourth-order valence-electron chi connectivity index (χ4n) is 2.57. The number of aromatic nitrogens is 6. The standard InChI is InChI=1S/C15H12BrFN10O5/c16-7-5-6(1-2-8(7)17)27-14(26-30-15(27)28)10-13(25-32-23-10)20-4-3-19-12(21-29)9-11(18)24-31-22-9/h1-2,5,29H,3-4H2,(H2,18,24)(H,19,21)(H,20,25). The summed E-state index contributed by atoms with van der Waals surface area (Å²) in [5, 5.41) is 30.2. The average molecular weight is 511 g/mol. The van der Waals surface area contributed by atoms with E-state index in [4.69, 9.17) is 14.9 Å². The lowest BCUT2D eigenvalue weighted by atomic mass is 10.3. The van der Waals surface area contributed by atoms with Crippen LogP contribution in [0.4, 0.5) is 16.0 Å². The number of rotatable bonds is 7. The molecule has 0 unspecified atom stereocenters. The summed E-state index contributed by atoms with van der Waals surface area (Å²) < 4.78 is 28.7. The molecule has 4 aromatic rings. The van der Waals surface area contributed by atoms with Crippen molar-refractivity contribution in [2.45, 2.75) is 0 Å². The Hall–Kier alpha value is -4.12. The minimum absolute atomic E-state index is 0.0279. The summed E-state index contributed by atoms with van der Waals surface area (Å²) in [5.74, 6) is -1.35. The average Bonchev–Trinajstić information content (AvgIpc) is 3.50. The number of nitrogens with zero attached hydrogens (tertiary/aromatic N) is 7. The third-order valence-corrected chi connectivity index (χ3v) is 4.59. The van der Waals surface area contributed by atoms with Crippen LogP contribution in [0.2, 0.25) is 0 Å². The number of nitrogens with two attached hydrogens (primary N) is 1. The molecular weight excluding hydrogens is 499 g/mol. The van der Waals surface area contributed by atoms with Gasteiger partial charge in [-0.1, -0.05) is 5.16 Å². The molecule has 0 spiro atoms. The molecule has 0 bridgehead atoms. The lowest BCUT2D eigenvalue weighted by molar-refractivity contribution is 0.233. The minimum atomic E-state index is -0.825. The summed E-state index contributed by atoms with van der Waals surface area (Å²) in [7, 11) is 0. The second kappa shape index (κ2) is 8.94. The number of anilines is 2. The van der Waals surface area contributed by atoms with Crippen LogP contribution in [0, 0.1) is 5.82 Å². The van der Waals surface area contributed by atoms with Gasteiger partial charge in [0.1, 0.15) is 5.82 Å². The first-order valence-corrected chi connectivity index (χ1v) is 9.42. The van der Waals surface area contributed by atoms with Crippen molar-refractivity contribution in [2.24, 2.45) is 4.99 Å². The molecule has 3 aromatic heterocycles.